The minimum absolute atomic E-state index is 0.0134. The summed E-state index contributed by atoms with van der Waals surface area (Å²) in [7, 11) is -0.0380. The van der Waals surface area contributed by atoms with Gasteiger partial charge in [0.25, 0.3) is 0 Å². The Hall–Kier alpha value is -1.79. The van der Waals surface area contributed by atoms with Gasteiger partial charge in [-0.25, -0.2) is 0 Å². The molecule has 3 heteroatoms. The Morgan fingerprint density at radius 3 is 2.21 bits per heavy atom. The van der Waals surface area contributed by atoms with Crippen molar-refractivity contribution in [3.05, 3.63) is 64.2 Å². The standard InChI is InChI=1S/C16H15O2P/c1-10-9-11(2)16(19-18)12(3)14(10)15(17)13-7-5-4-6-8-13/h4-9H,1-3H3. The van der Waals surface area contributed by atoms with E-state index in [1.807, 2.05) is 45.0 Å². The molecule has 0 heterocycles. The van der Waals surface area contributed by atoms with Gasteiger partial charge in [-0.1, -0.05) is 36.4 Å². The topological polar surface area (TPSA) is 34.1 Å². The zero-order valence-electron chi connectivity index (χ0n) is 11.2. The summed E-state index contributed by atoms with van der Waals surface area (Å²) in [4.78, 5) is 12.6. The maximum atomic E-state index is 12.6. The molecule has 0 spiro atoms. The van der Waals surface area contributed by atoms with Gasteiger partial charge in [0.05, 0.1) is 0 Å². The van der Waals surface area contributed by atoms with Gasteiger partial charge in [-0.3, -0.25) is 9.36 Å². The molecule has 0 aromatic heterocycles. The zero-order valence-corrected chi connectivity index (χ0v) is 12.1. The van der Waals surface area contributed by atoms with Gasteiger partial charge in [-0.15, -0.1) is 0 Å². The summed E-state index contributed by atoms with van der Waals surface area (Å²) in [6, 6.07) is 11.1. The van der Waals surface area contributed by atoms with Crippen LogP contribution in [0, 0.1) is 20.8 Å². The zero-order chi connectivity index (χ0) is 14.0. The van der Waals surface area contributed by atoms with Gasteiger partial charge in [0.15, 0.2) is 14.2 Å². The van der Waals surface area contributed by atoms with Crippen LogP contribution in [0.5, 0.6) is 0 Å². The van der Waals surface area contributed by atoms with Crippen molar-refractivity contribution < 1.29 is 9.36 Å². The molecule has 0 aliphatic carbocycles. The highest BCUT2D eigenvalue weighted by molar-refractivity contribution is 7.34. The summed E-state index contributed by atoms with van der Waals surface area (Å²) < 4.78 is 11.3. The molecule has 0 saturated carbocycles. The van der Waals surface area contributed by atoms with Gasteiger partial charge in [0.2, 0.25) is 0 Å². The lowest BCUT2D eigenvalue weighted by atomic mass is 9.93. The second-order valence-corrected chi connectivity index (χ2v) is 5.28. The van der Waals surface area contributed by atoms with E-state index in [0.29, 0.717) is 16.4 Å². The van der Waals surface area contributed by atoms with Crippen molar-refractivity contribution in [1.82, 2.24) is 0 Å². The van der Waals surface area contributed by atoms with E-state index in [1.165, 1.54) is 0 Å². The fraction of sp³-hybridized carbons (Fsp3) is 0.188. The van der Waals surface area contributed by atoms with Crippen LogP contribution in [0.3, 0.4) is 0 Å². The predicted octanol–water partition coefficient (Wildman–Crippen LogP) is 3.76. The number of rotatable bonds is 3. The van der Waals surface area contributed by atoms with E-state index in [-0.39, 0.29) is 14.2 Å². The van der Waals surface area contributed by atoms with Gasteiger partial charge in [0.1, 0.15) is 0 Å². The summed E-state index contributed by atoms with van der Waals surface area (Å²) in [5.41, 5.74) is 4.01. The number of ketones is 1. The highest BCUT2D eigenvalue weighted by Crippen LogP contribution is 2.21. The third-order valence-corrected chi connectivity index (χ3v) is 4.16. The first-order valence-electron chi connectivity index (χ1n) is 6.10. The molecule has 0 aliphatic heterocycles. The van der Waals surface area contributed by atoms with Crippen molar-refractivity contribution >= 4 is 19.5 Å². The molecule has 2 nitrogen and oxygen atoms in total. The molecule has 0 atom stereocenters. The van der Waals surface area contributed by atoms with Gasteiger partial charge < -0.3 is 0 Å². The van der Waals surface area contributed by atoms with Crippen molar-refractivity contribution in [3.8, 4) is 0 Å². The minimum Gasteiger partial charge on any atom is -0.289 e. The monoisotopic (exact) mass is 270 g/mol. The Bertz CT molecular complexity index is 646. The van der Waals surface area contributed by atoms with Crippen molar-refractivity contribution in [2.45, 2.75) is 20.8 Å². The maximum absolute atomic E-state index is 12.6. The molecule has 0 bridgehead atoms. The Labute approximate surface area is 114 Å². The van der Waals surface area contributed by atoms with Gasteiger partial charge in [-0.05, 0) is 37.5 Å². The molecule has 0 saturated heterocycles. The SMILES string of the molecule is Cc1cc(C)c(C(=O)c2ccccc2)c(C)c1P=O. The van der Waals surface area contributed by atoms with Crippen LogP contribution in [0.25, 0.3) is 0 Å². The fourth-order valence-electron chi connectivity index (χ4n) is 2.40. The lowest BCUT2D eigenvalue weighted by Gasteiger charge is -2.12. The molecule has 0 radical (unpaired) electrons. The smallest absolute Gasteiger partial charge is 0.193 e. The molecular weight excluding hydrogens is 255 g/mol. The molecule has 0 N–H and O–H groups in total. The Morgan fingerprint density at radius 2 is 1.63 bits per heavy atom. The van der Waals surface area contributed by atoms with E-state index in [1.54, 1.807) is 12.1 Å². The molecular formula is C16H15O2P. The van der Waals surface area contributed by atoms with Crippen LogP contribution in [0.2, 0.25) is 0 Å². The number of hydrogen-bond acceptors (Lipinski definition) is 2. The fourth-order valence-corrected chi connectivity index (χ4v) is 2.86. The van der Waals surface area contributed by atoms with E-state index in [0.717, 1.165) is 16.7 Å². The number of carbonyl (C=O) groups is 1. The molecule has 0 unspecified atom stereocenters. The van der Waals surface area contributed by atoms with Crippen molar-refractivity contribution in [2.75, 3.05) is 0 Å². The summed E-state index contributed by atoms with van der Waals surface area (Å²) in [5.74, 6) is -0.0134. The predicted molar refractivity (Wildman–Crippen MR) is 77.8 cm³/mol. The normalized spacial score (nSPS) is 10.7. The second-order valence-electron chi connectivity index (χ2n) is 4.65. The van der Waals surface area contributed by atoms with Crippen LogP contribution in [-0.2, 0) is 4.57 Å². The largest absolute Gasteiger partial charge is 0.289 e. The van der Waals surface area contributed by atoms with Crippen LogP contribution in [0.15, 0.2) is 36.4 Å². The Morgan fingerprint density at radius 1 is 1.00 bits per heavy atom. The van der Waals surface area contributed by atoms with E-state index in [4.69, 9.17) is 0 Å². The maximum Gasteiger partial charge on any atom is 0.193 e. The Kier molecular flexibility index (Phi) is 3.92. The number of benzene rings is 2. The molecule has 2 aromatic carbocycles. The van der Waals surface area contributed by atoms with Crippen molar-refractivity contribution in [2.24, 2.45) is 0 Å². The summed E-state index contributed by atoms with van der Waals surface area (Å²) in [6.07, 6.45) is 0. The highest BCUT2D eigenvalue weighted by Gasteiger charge is 2.18. The van der Waals surface area contributed by atoms with E-state index >= 15 is 0 Å². The molecule has 0 aliphatic rings. The number of carbonyl (C=O) groups excluding carboxylic acids is 1. The molecule has 0 fully saturated rings. The molecule has 19 heavy (non-hydrogen) atoms. The van der Waals surface area contributed by atoms with Crippen LogP contribution in [0.1, 0.15) is 32.6 Å². The molecule has 2 rings (SSSR count). The first-order valence-corrected chi connectivity index (χ1v) is 6.91. The van der Waals surface area contributed by atoms with Crippen molar-refractivity contribution in [3.63, 3.8) is 0 Å². The first kappa shape index (κ1) is 13.6. The lowest BCUT2D eigenvalue weighted by Crippen LogP contribution is -2.14. The Balaban J connectivity index is 2.63. The summed E-state index contributed by atoms with van der Waals surface area (Å²) in [6.45, 7) is 5.69. The molecule has 2 aromatic rings. The highest BCUT2D eigenvalue weighted by atomic mass is 31.1. The van der Waals surface area contributed by atoms with E-state index < -0.39 is 0 Å². The van der Waals surface area contributed by atoms with E-state index in [2.05, 4.69) is 0 Å². The van der Waals surface area contributed by atoms with Crippen LogP contribution >= 0.6 is 8.46 Å². The van der Waals surface area contributed by atoms with E-state index in [9.17, 15) is 9.36 Å². The quantitative estimate of drug-likeness (QED) is 0.628. The lowest BCUT2D eigenvalue weighted by molar-refractivity contribution is 0.103. The van der Waals surface area contributed by atoms with Gasteiger partial charge in [-0.2, -0.15) is 0 Å². The van der Waals surface area contributed by atoms with Gasteiger partial charge >= 0.3 is 0 Å². The molecule has 0 amide bonds. The van der Waals surface area contributed by atoms with Crippen LogP contribution < -0.4 is 5.30 Å². The average Bonchev–Trinajstić information content (AvgIpc) is 2.39. The van der Waals surface area contributed by atoms with Crippen LogP contribution in [-0.4, -0.2) is 5.78 Å². The third kappa shape index (κ3) is 2.50. The summed E-state index contributed by atoms with van der Waals surface area (Å²) >= 11 is 0. The second kappa shape index (κ2) is 5.46. The number of hydrogen-bond donors (Lipinski definition) is 0. The van der Waals surface area contributed by atoms with Gasteiger partial charge in [0, 0.05) is 16.4 Å². The average molecular weight is 270 g/mol. The minimum atomic E-state index is -0.0380. The van der Waals surface area contributed by atoms with Crippen molar-refractivity contribution in [1.29, 1.82) is 0 Å². The van der Waals surface area contributed by atoms with Crippen LogP contribution in [0.4, 0.5) is 0 Å². The summed E-state index contributed by atoms with van der Waals surface area (Å²) in [5, 5.41) is 0.713. The molecule has 96 valence electrons. The third-order valence-electron chi connectivity index (χ3n) is 3.29. The number of aryl methyl sites for hydroxylation is 2. The first-order chi connectivity index (χ1) is 9.06.